The van der Waals surface area contributed by atoms with Gasteiger partial charge in [-0.25, -0.2) is 0 Å². The molecule has 8 amide bonds. The van der Waals surface area contributed by atoms with E-state index in [0.29, 0.717) is 40.1 Å². The summed E-state index contributed by atoms with van der Waals surface area (Å²) in [5.41, 5.74) is 21.5. The molecule has 3 heterocycles. The first-order valence-corrected chi connectivity index (χ1v) is 29.7. The quantitative estimate of drug-likeness (QED) is 0.0434. The number of para-hydroxylation sites is 1. The summed E-state index contributed by atoms with van der Waals surface area (Å²) in [5.74, 6) is -7.01. The van der Waals surface area contributed by atoms with E-state index in [1.165, 1.54) is 25.1 Å². The molecule has 4 aromatic carbocycles. The maximum atomic E-state index is 15.1. The van der Waals surface area contributed by atoms with Crippen molar-refractivity contribution < 1.29 is 43.5 Å². The number of H-pyrrole nitrogens is 1. The number of aromatic amines is 1. The fraction of sp³-hybridized carbons (Fsp3) is 0.362. The number of carbonyl (C=O) groups excluding carboxylic acids is 8. The average molecular weight is 1180 g/mol. The molecule has 9 atom stereocenters. The van der Waals surface area contributed by atoms with Crippen LogP contribution in [0.4, 0.5) is 0 Å². The van der Waals surface area contributed by atoms with Gasteiger partial charge in [-0.2, -0.15) is 0 Å². The van der Waals surface area contributed by atoms with Gasteiger partial charge in [-0.3, -0.25) is 43.3 Å². The van der Waals surface area contributed by atoms with Crippen molar-refractivity contribution in [2.45, 2.75) is 106 Å². The molecule has 14 N–H and O–H groups in total. The molecule has 0 bridgehead atoms. The van der Waals surface area contributed by atoms with Crippen molar-refractivity contribution in [1.82, 2.24) is 46.8 Å². The number of aliphatic hydroxyl groups is 1. The molecule has 1 aliphatic heterocycles. The van der Waals surface area contributed by atoms with Crippen LogP contribution < -0.4 is 49.1 Å². The van der Waals surface area contributed by atoms with Crippen molar-refractivity contribution in [2.75, 3.05) is 25.1 Å². The van der Waals surface area contributed by atoms with E-state index in [9.17, 15) is 33.9 Å². The summed E-state index contributed by atoms with van der Waals surface area (Å²) in [6, 6.07) is 19.5. The molecule has 0 radical (unpaired) electrons. The lowest BCUT2D eigenvalue weighted by molar-refractivity contribution is -0.142. The van der Waals surface area contributed by atoms with Crippen molar-refractivity contribution in [3.8, 4) is 0 Å². The number of nitrogens with one attached hydrogen (secondary N) is 7. The first-order valence-electron chi connectivity index (χ1n) is 26.8. The number of amides is 8. The third kappa shape index (κ3) is 17.2. The molecular formula is C58H69ClN12O9S2. The van der Waals surface area contributed by atoms with Gasteiger partial charge in [-0.05, 0) is 96.4 Å². The molecule has 1 fully saturated rings. The van der Waals surface area contributed by atoms with E-state index in [1.54, 1.807) is 54.9 Å². The molecule has 0 unspecified atom stereocenters. The number of aromatic nitrogens is 2. The Bertz CT molecular complexity index is 3210. The molecule has 2 aromatic heterocycles. The highest BCUT2D eigenvalue weighted by atomic mass is 35.5. The number of likely N-dealkylation sites (N-methyl/N-ethyl adjacent to an activating group) is 1. The Morgan fingerprint density at radius 1 is 0.780 bits per heavy atom. The van der Waals surface area contributed by atoms with Gasteiger partial charge in [-0.15, -0.1) is 0 Å². The standard InChI is InChI=1S/C58H69ClN12O9S2/c1-33(72)50-57(79)68-47(55(77)66-45(51(62)73)26-35-16-19-37-11-3-4-12-38(37)24-35)31-81-82-32-48(69-52(74)42(61)25-34-17-20-40(59)21-18-34)58(80)71(2)49(27-36-10-9-23-63-29-36)56(78)67-46(28-39-30-64-43-14-6-5-13-41(39)43)54(76)65-44(53(75)70-50)15-7-8-22-60/h3-6,9-14,16-21,23-24,29-30,33,42,44-50,64,72H,7-8,15,22,25-28,31-32,60-61H2,1-2H3,(H2,62,73)(H,65,76)(H,66,77)(H,67,78)(H,68,79)(H,69,74)(H,70,75)/t33-,42-,44-,45-,46+,47+,48-,49-,50+/m0/s1. The summed E-state index contributed by atoms with van der Waals surface area (Å²) >= 11 is 6.12. The summed E-state index contributed by atoms with van der Waals surface area (Å²) < 4.78 is 0. The first-order chi connectivity index (χ1) is 39.4. The Morgan fingerprint density at radius 3 is 2.20 bits per heavy atom. The van der Waals surface area contributed by atoms with Crippen LogP contribution in [0, 0.1) is 0 Å². The number of pyridine rings is 1. The Hall–Kier alpha value is -7.54. The second-order valence-electron chi connectivity index (χ2n) is 20.2. The van der Waals surface area contributed by atoms with Gasteiger partial charge >= 0.3 is 0 Å². The number of rotatable bonds is 18. The maximum absolute atomic E-state index is 15.1. The fourth-order valence-corrected chi connectivity index (χ4v) is 11.9. The van der Waals surface area contributed by atoms with Gasteiger partial charge in [0.15, 0.2) is 0 Å². The highest BCUT2D eigenvalue weighted by Gasteiger charge is 2.38. The van der Waals surface area contributed by atoms with Gasteiger partial charge in [0.05, 0.1) is 12.1 Å². The predicted octanol–water partition coefficient (Wildman–Crippen LogP) is 2.09. The summed E-state index contributed by atoms with van der Waals surface area (Å²) in [6.45, 7) is 1.51. The summed E-state index contributed by atoms with van der Waals surface area (Å²) in [6.07, 6.45) is 3.86. The highest BCUT2D eigenvalue weighted by Crippen LogP contribution is 2.26. The Balaban J connectivity index is 1.26. The largest absolute Gasteiger partial charge is 0.391 e. The van der Waals surface area contributed by atoms with E-state index in [-0.39, 0.29) is 50.2 Å². The Labute approximate surface area is 487 Å². The van der Waals surface area contributed by atoms with Crippen LogP contribution in [-0.4, -0.2) is 147 Å². The lowest BCUT2D eigenvalue weighted by Crippen LogP contribution is -2.62. The minimum Gasteiger partial charge on any atom is -0.391 e. The average Bonchev–Trinajstić information content (AvgIpc) is 3.88. The monoisotopic (exact) mass is 1180 g/mol. The zero-order valence-corrected chi connectivity index (χ0v) is 47.7. The van der Waals surface area contributed by atoms with Crippen LogP contribution >= 0.6 is 33.2 Å². The second-order valence-corrected chi connectivity index (χ2v) is 23.2. The van der Waals surface area contributed by atoms with Crippen LogP contribution in [0.15, 0.2) is 122 Å². The van der Waals surface area contributed by atoms with E-state index in [2.05, 4.69) is 41.9 Å². The molecule has 82 heavy (non-hydrogen) atoms. The third-order valence-electron chi connectivity index (χ3n) is 14.1. The van der Waals surface area contributed by atoms with Crippen LogP contribution in [0.1, 0.15) is 48.4 Å². The van der Waals surface area contributed by atoms with E-state index in [4.69, 9.17) is 28.8 Å². The van der Waals surface area contributed by atoms with Crippen molar-refractivity contribution in [1.29, 1.82) is 0 Å². The second kappa shape index (κ2) is 30.0. The molecule has 434 valence electrons. The van der Waals surface area contributed by atoms with Crippen LogP contribution in [0.2, 0.25) is 5.02 Å². The predicted molar refractivity (Wildman–Crippen MR) is 318 cm³/mol. The van der Waals surface area contributed by atoms with Crippen molar-refractivity contribution in [3.63, 3.8) is 0 Å². The number of hydrogen-bond acceptors (Lipinski definition) is 14. The molecule has 0 saturated carbocycles. The van der Waals surface area contributed by atoms with Crippen molar-refractivity contribution in [2.24, 2.45) is 17.2 Å². The number of unbranched alkanes of at least 4 members (excludes halogenated alkanes) is 1. The SMILES string of the molecule is C[C@H](O)[C@H]1NC(=O)[C@H](CCCCN)NC(=O)[C@@H](Cc2c[nH]c3ccccc23)NC(=O)[C@H](Cc2cccnc2)N(C)C(=O)[C@@H](NC(=O)[C@@H](N)Cc2ccc(Cl)cc2)CSSC[C@H](C(=O)N[C@@H](Cc2ccc3ccccc3c2)C(N)=O)NC1=O. The van der Waals surface area contributed by atoms with Crippen molar-refractivity contribution >= 4 is 102 Å². The van der Waals surface area contributed by atoms with Crippen LogP contribution in [0.3, 0.4) is 0 Å². The molecule has 24 heteroatoms. The van der Waals surface area contributed by atoms with Crippen LogP contribution in [0.25, 0.3) is 21.7 Å². The van der Waals surface area contributed by atoms with Crippen LogP contribution in [-0.2, 0) is 64.0 Å². The first kappa shape index (κ1) is 62.1. The number of fused-ring (bicyclic) bond motifs is 2. The maximum Gasteiger partial charge on any atom is 0.246 e. The molecule has 0 spiro atoms. The smallest absolute Gasteiger partial charge is 0.246 e. The van der Waals surface area contributed by atoms with Gasteiger partial charge in [0, 0.05) is 72.3 Å². The van der Waals surface area contributed by atoms with Crippen LogP contribution in [0.5, 0.6) is 0 Å². The number of halogens is 1. The minimum atomic E-state index is -1.70. The molecule has 7 rings (SSSR count). The topological polar surface area (TPSA) is 339 Å². The third-order valence-corrected chi connectivity index (χ3v) is 16.7. The lowest BCUT2D eigenvalue weighted by atomic mass is 10.0. The number of benzene rings is 4. The van der Waals surface area contributed by atoms with Gasteiger partial charge < -0.3 is 64.1 Å². The van der Waals surface area contributed by atoms with Gasteiger partial charge in [0.25, 0.3) is 0 Å². The summed E-state index contributed by atoms with van der Waals surface area (Å²) in [5, 5.41) is 30.6. The van der Waals surface area contributed by atoms with Gasteiger partial charge in [-0.1, -0.05) is 112 Å². The molecule has 21 nitrogen and oxygen atoms in total. The van der Waals surface area contributed by atoms with Gasteiger partial charge in [0.1, 0.15) is 42.3 Å². The number of hydrogen-bond donors (Lipinski definition) is 11. The molecule has 0 aliphatic carbocycles. The molecular weight excluding hydrogens is 1110 g/mol. The van der Waals surface area contributed by atoms with E-state index in [0.717, 1.165) is 43.3 Å². The fourth-order valence-electron chi connectivity index (χ4n) is 9.43. The zero-order chi connectivity index (χ0) is 58.9. The number of primary amides is 1. The normalized spacial score (nSPS) is 21.0. The molecule has 1 saturated heterocycles. The Kier molecular flexibility index (Phi) is 22.7. The lowest BCUT2D eigenvalue weighted by Gasteiger charge is -2.33. The summed E-state index contributed by atoms with van der Waals surface area (Å²) in [4.78, 5) is 124. The van der Waals surface area contributed by atoms with Crippen molar-refractivity contribution in [3.05, 3.63) is 149 Å². The van der Waals surface area contributed by atoms with E-state index >= 15 is 9.59 Å². The zero-order valence-electron chi connectivity index (χ0n) is 45.3. The van der Waals surface area contributed by atoms with E-state index < -0.39 is 102 Å². The van der Waals surface area contributed by atoms with Gasteiger partial charge in [0.2, 0.25) is 47.3 Å². The highest BCUT2D eigenvalue weighted by molar-refractivity contribution is 8.76. The number of nitrogens with zero attached hydrogens (tertiary/aromatic N) is 2. The Morgan fingerprint density at radius 2 is 1.48 bits per heavy atom. The molecule has 6 aromatic rings. The number of aliphatic hydroxyl groups excluding tert-OH is 1. The summed E-state index contributed by atoms with van der Waals surface area (Å²) in [7, 11) is 3.45. The van der Waals surface area contributed by atoms with E-state index in [1.807, 2.05) is 60.7 Å². The number of carbonyl (C=O) groups is 8. The molecule has 1 aliphatic rings. The minimum absolute atomic E-state index is 0.0125. The number of nitrogens with two attached hydrogens (primary N) is 3.